The standard InChI is InChI=1S/C14H15N3O3S/c1-19-10-5-4-8(6-11(10)20-2)12-9(13(15)18)7-16-14(17-12)21-3/h4-7H,1-3H3,(H2,15,18). The molecule has 7 heteroatoms. The number of carbonyl (C=O) groups is 1. The van der Waals surface area contributed by atoms with Gasteiger partial charge in [-0.05, 0) is 24.5 Å². The molecule has 0 fully saturated rings. The van der Waals surface area contributed by atoms with Gasteiger partial charge in [0.05, 0.1) is 25.5 Å². The number of amides is 1. The number of benzene rings is 1. The van der Waals surface area contributed by atoms with Crippen LogP contribution in [0.15, 0.2) is 29.6 Å². The minimum Gasteiger partial charge on any atom is -0.493 e. The molecule has 2 rings (SSSR count). The van der Waals surface area contributed by atoms with Crippen LogP contribution in [0, 0.1) is 0 Å². The Labute approximate surface area is 126 Å². The van der Waals surface area contributed by atoms with Gasteiger partial charge in [0, 0.05) is 11.8 Å². The van der Waals surface area contributed by atoms with Gasteiger partial charge in [-0.15, -0.1) is 0 Å². The van der Waals surface area contributed by atoms with Crippen molar-refractivity contribution in [3.05, 3.63) is 30.0 Å². The summed E-state index contributed by atoms with van der Waals surface area (Å²) in [5.74, 6) is 0.572. The Morgan fingerprint density at radius 2 is 1.95 bits per heavy atom. The molecule has 1 amide bonds. The van der Waals surface area contributed by atoms with Crippen LogP contribution >= 0.6 is 11.8 Å². The Morgan fingerprint density at radius 1 is 1.24 bits per heavy atom. The van der Waals surface area contributed by atoms with Crippen molar-refractivity contribution in [1.82, 2.24) is 9.97 Å². The van der Waals surface area contributed by atoms with E-state index >= 15 is 0 Å². The summed E-state index contributed by atoms with van der Waals surface area (Å²) in [4.78, 5) is 20.0. The molecule has 0 bridgehead atoms. The van der Waals surface area contributed by atoms with E-state index in [2.05, 4.69) is 9.97 Å². The van der Waals surface area contributed by atoms with Gasteiger partial charge < -0.3 is 15.2 Å². The van der Waals surface area contributed by atoms with Crippen LogP contribution in [0.5, 0.6) is 11.5 Å². The SMILES string of the molecule is COc1ccc(-c2nc(SC)ncc2C(N)=O)cc1OC. The summed E-state index contributed by atoms with van der Waals surface area (Å²) in [6, 6.07) is 5.29. The average molecular weight is 305 g/mol. The summed E-state index contributed by atoms with van der Waals surface area (Å²) in [5, 5.41) is 0.560. The fraction of sp³-hybridized carbons (Fsp3) is 0.214. The lowest BCUT2D eigenvalue weighted by atomic mass is 10.1. The molecule has 0 spiro atoms. The molecule has 1 aromatic heterocycles. The number of carbonyl (C=O) groups excluding carboxylic acids is 1. The summed E-state index contributed by atoms with van der Waals surface area (Å²) >= 11 is 1.39. The van der Waals surface area contributed by atoms with Gasteiger partial charge in [-0.1, -0.05) is 11.8 Å². The van der Waals surface area contributed by atoms with Gasteiger partial charge in [-0.3, -0.25) is 4.79 Å². The molecule has 0 unspecified atom stereocenters. The van der Waals surface area contributed by atoms with Crippen molar-refractivity contribution < 1.29 is 14.3 Å². The maximum absolute atomic E-state index is 11.6. The van der Waals surface area contributed by atoms with Crippen LogP contribution in [0.2, 0.25) is 0 Å². The van der Waals surface area contributed by atoms with Crippen molar-refractivity contribution >= 4 is 17.7 Å². The van der Waals surface area contributed by atoms with E-state index in [9.17, 15) is 4.79 Å². The molecular formula is C14H15N3O3S. The molecule has 0 aliphatic rings. The van der Waals surface area contributed by atoms with Crippen molar-refractivity contribution in [3.8, 4) is 22.8 Å². The van der Waals surface area contributed by atoms with E-state index in [4.69, 9.17) is 15.2 Å². The predicted molar refractivity (Wildman–Crippen MR) is 80.9 cm³/mol. The molecule has 21 heavy (non-hydrogen) atoms. The number of methoxy groups -OCH3 is 2. The maximum atomic E-state index is 11.6. The van der Waals surface area contributed by atoms with E-state index in [0.29, 0.717) is 27.9 Å². The quantitative estimate of drug-likeness (QED) is 0.671. The second-order valence-corrected chi connectivity index (χ2v) is 4.83. The van der Waals surface area contributed by atoms with E-state index in [1.165, 1.54) is 18.0 Å². The smallest absolute Gasteiger partial charge is 0.252 e. The molecule has 0 radical (unpaired) electrons. The van der Waals surface area contributed by atoms with Crippen LogP contribution in [-0.4, -0.2) is 36.4 Å². The van der Waals surface area contributed by atoms with Gasteiger partial charge in [-0.2, -0.15) is 0 Å². The first-order chi connectivity index (χ1) is 10.1. The highest BCUT2D eigenvalue weighted by Gasteiger charge is 2.15. The van der Waals surface area contributed by atoms with E-state index in [1.54, 1.807) is 32.4 Å². The van der Waals surface area contributed by atoms with Crippen molar-refractivity contribution in [1.29, 1.82) is 0 Å². The summed E-state index contributed by atoms with van der Waals surface area (Å²) < 4.78 is 10.5. The zero-order chi connectivity index (χ0) is 15.4. The molecule has 0 saturated carbocycles. The van der Waals surface area contributed by atoms with Gasteiger partial charge in [0.25, 0.3) is 5.91 Å². The molecule has 0 atom stereocenters. The normalized spacial score (nSPS) is 10.2. The van der Waals surface area contributed by atoms with Crippen molar-refractivity contribution in [2.45, 2.75) is 5.16 Å². The Morgan fingerprint density at radius 3 is 2.52 bits per heavy atom. The zero-order valence-electron chi connectivity index (χ0n) is 11.9. The molecule has 110 valence electrons. The van der Waals surface area contributed by atoms with Crippen LogP contribution in [0.4, 0.5) is 0 Å². The number of nitrogens with zero attached hydrogens (tertiary/aromatic N) is 2. The predicted octanol–water partition coefficient (Wildman–Crippen LogP) is 1.98. The van der Waals surface area contributed by atoms with Crippen molar-refractivity contribution in [3.63, 3.8) is 0 Å². The Kier molecular flexibility index (Phi) is 4.64. The number of rotatable bonds is 5. The fourth-order valence-electron chi connectivity index (χ4n) is 1.85. The van der Waals surface area contributed by atoms with Crippen molar-refractivity contribution in [2.75, 3.05) is 20.5 Å². The van der Waals surface area contributed by atoms with E-state index in [0.717, 1.165) is 0 Å². The molecule has 1 aromatic carbocycles. The first-order valence-electron chi connectivity index (χ1n) is 6.04. The summed E-state index contributed by atoms with van der Waals surface area (Å²) in [6.45, 7) is 0. The van der Waals surface area contributed by atoms with Gasteiger partial charge in [0.2, 0.25) is 0 Å². The first-order valence-corrected chi connectivity index (χ1v) is 7.26. The minimum absolute atomic E-state index is 0.264. The third-order valence-electron chi connectivity index (χ3n) is 2.87. The van der Waals surface area contributed by atoms with Gasteiger partial charge in [-0.25, -0.2) is 9.97 Å². The van der Waals surface area contributed by atoms with Gasteiger partial charge in [0.15, 0.2) is 16.7 Å². The van der Waals surface area contributed by atoms with Gasteiger partial charge in [0.1, 0.15) is 0 Å². The Hall–Kier alpha value is -2.28. The highest BCUT2D eigenvalue weighted by molar-refractivity contribution is 7.98. The van der Waals surface area contributed by atoms with E-state index in [-0.39, 0.29) is 5.56 Å². The molecule has 0 aliphatic carbocycles. The zero-order valence-corrected chi connectivity index (χ0v) is 12.7. The lowest BCUT2D eigenvalue weighted by Gasteiger charge is -2.11. The number of ether oxygens (including phenoxy) is 2. The maximum Gasteiger partial charge on any atom is 0.252 e. The van der Waals surface area contributed by atoms with Crippen LogP contribution in [0.3, 0.4) is 0 Å². The van der Waals surface area contributed by atoms with E-state index < -0.39 is 5.91 Å². The first kappa shape index (κ1) is 15.1. The largest absolute Gasteiger partial charge is 0.493 e. The Balaban J connectivity index is 2.62. The van der Waals surface area contributed by atoms with E-state index in [1.807, 2.05) is 6.26 Å². The van der Waals surface area contributed by atoms with Crippen LogP contribution in [0.1, 0.15) is 10.4 Å². The highest BCUT2D eigenvalue weighted by atomic mass is 32.2. The number of aromatic nitrogens is 2. The monoisotopic (exact) mass is 305 g/mol. The van der Waals surface area contributed by atoms with Crippen molar-refractivity contribution in [2.24, 2.45) is 5.73 Å². The molecule has 2 N–H and O–H groups in total. The third kappa shape index (κ3) is 3.08. The lowest BCUT2D eigenvalue weighted by molar-refractivity contribution is 0.1000. The minimum atomic E-state index is -0.576. The molecular weight excluding hydrogens is 290 g/mol. The van der Waals surface area contributed by atoms with Crippen LogP contribution < -0.4 is 15.2 Å². The molecule has 2 aromatic rings. The lowest BCUT2D eigenvalue weighted by Crippen LogP contribution is -2.14. The fourth-order valence-corrected chi connectivity index (χ4v) is 2.19. The topological polar surface area (TPSA) is 87.3 Å². The second-order valence-electron chi connectivity index (χ2n) is 4.05. The van der Waals surface area contributed by atoms with Gasteiger partial charge >= 0.3 is 0 Å². The Bertz CT molecular complexity index is 677. The second kappa shape index (κ2) is 6.45. The summed E-state index contributed by atoms with van der Waals surface area (Å²) in [5.41, 5.74) is 6.83. The number of nitrogens with two attached hydrogens (primary N) is 1. The molecule has 0 saturated heterocycles. The van der Waals surface area contributed by atoms with Crippen LogP contribution in [0.25, 0.3) is 11.3 Å². The molecule has 1 heterocycles. The molecule has 0 aliphatic heterocycles. The summed E-state index contributed by atoms with van der Waals surface area (Å²) in [7, 11) is 3.10. The number of hydrogen-bond donors (Lipinski definition) is 1. The van der Waals surface area contributed by atoms with Crippen LogP contribution in [-0.2, 0) is 0 Å². The highest BCUT2D eigenvalue weighted by Crippen LogP contribution is 2.33. The number of primary amides is 1. The third-order valence-corrected chi connectivity index (χ3v) is 3.43. The number of thioether (sulfide) groups is 1. The molecule has 6 nitrogen and oxygen atoms in total. The average Bonchev–Trinajstić information content (AvgIpc) is 2.53. The summed E-state index contributed by atoms with van der Waals surface area (Å²) in [6.07, 6.45) is 3.30. The number of hydrogen-bond acceptors (Lipinski definition) is 6.